The number of carbonyl (C=O) groups is 1. The van der Waals surface area contributed by atoms with Crippen LogP contribution < -0.4 is 0 Å². The minimum atomic E-state index is -0.379. The number of benzene rings is 1. The van der Waals surface area contributed by atoms with Crippen molar-refractivity contribution >= 4 is 5.91 Å². The van der Waals surface area contributed by atoms with Crippen LogP contribution in [0.15, 0.2) is 42.7 Å². The summed E-state index contributed by atoms with van der Waals surface area (Å²) in [6.07, 6.45) is 7.94. The normalized spacial score (nSPS) is 18.6. The van der Waals surface area contributed by atoms with E-state index in [4.69, 9.17) is 5.11 Å². The maximum atomic E-state index is 11.7. The van der Waals surface area contributed by atoms with Crippen LogP contribution in [-0.2, 0) is 16.6 Å². The van der Waals surface area contributed by atoms with Crippen molar-refractivity contribution in [2.75, 3.05) is 19.7 Å². The SMILES string of the molecule is O=C(CO)N1CCC2(CCc3ccc(-c4ccncc4)cc32)CC1. The lowest BCUT2D eigenvalue weighted by molar-refractivity contribution is -0.135. The Kier molecular flexibility index (Phi) is 3.85. The van der Waals surface area contributed by atoms with Gasteiger partial charge in [0.25, 0.3) is 0 Å². The molecule has 4 nitrogen and oxygen atoms in total. The Morgan fingerprint density at radius 1 is 1.08 bits per heavy atom. The number of piperidine rings is 1. The number of pyridine rings is 1. The van der Waals surface area contributed by atoms with Crippen LogP contribution >= 0.6 is 0 Å². The van der Waals surface area contributed by atoms with Crippen LogP contribution in [0.4, 0.5) is 0 Å². The summed E-state index contributed by atoms with van der Waals surface area (Å²) < 4.78 is 0. The van der Waals surface area contributed by atoms with Gasteiger partial charge in [0.1, 0.15) is 6.61 Å². The van der Waals surface area contributed by atoms with Crippen molar-refractivity contribution in [1.29, 1.82) is 0 Å². The lowest BCUT2D eigenvalue weighted by atomic mass is 9.73. The predicted octanol–water partition coefficient (Wildman–Crippen LogP) is 2.55. The Hall–Kier alpha value is -2.20. The number of hydrogen-bond acceptors (Lipinski definition) is 3. The molecule has 2 heterocycles. The second-order valence-electron chi connectivity index (χ2n) is 6.93. The average Bonchev–Trinajstić information content (AvgIpc) is 3.00. The van der Waals surface area contributed by atoms with Crippen LogP contribution in [0.2, 0.25) is 0 Å². The number of aliphatic hydroxyl groups excluding tert-OH is 1. The van der Waals surface area contributed by atoms with Crippen molar-refractivity contribution in [3.05, 3.63) is 53.9 Å². The third kappa shape index (κ3) is 2.51. The first-order valence-electron chi connectivity index (χ1n) is 8.64. The number of rotatable bonds is 2. The van der Waals surface area contributed by atoms with Gasteiger partial charge in [0, 0.05) is 25.5 Å². The highest BCUT2D eigenvalue weighted by Gasteiger charge is 2.41. The third-order valence-electron chi connectivity index (χ3n) is 5.78. The van der Waals surface area contributed by atoms with Crippen molar-refractivity contribution in [2.45, 2.75) is 31.1 Å². The van der Waals surface area contributed by atoms with E-state index in [1.54, 1.807) is 4.90 Å². The van der Waals surface area contributed by atoms with Gasteiger partial charge in [0.05, 0.1) is 0 Å². The molecular weight excluding hydrogens is 300 g/mol. The molecule has 1 saturated heterocycles. The van der Waals surface area contributed by atoms with E-state index < -0.39 is 0 Å². The van der Waals surface area contributed by atoms with Crippen LogP contribution in [0.5, 0.6) is 0 Å². The first kappa shape index (κ1) is 15.3. The van der Waals surface area contributed by atoms with E-state index in [0.29, 0.717) is 0 Å². The molecule has 0 atom stereocenters. The quantitative estimate of drug-likeness (QED) is 0.924. The van der Waals surface area contributed by atoms with Crippen molar-refractivity contribution in [2.24, 2.45) is 0 Å². The van der Waals surface area contributed by atoms with E-state index >= 15 is 0 Å². The first-order valence-corrected chi connectivity index (χ1v) is 8.64. The zero-order valence-electron chi connectivity index (χ0n) is 13.7. The van der Waals surface area contributed by atoms with Crippen molar-refractivity contribution in [3.63, 3.8) is 0 Å². The molecule has 1 aliphatic heterocycles. The number of fused-ring (bicyclic) bond motifs is 2. The molecule has 1 fully saturated rings. The number of amides is 1. The van der Waals surface area contributed by atoms with Crippen LogP contribution in [0.25, 0.3) is 11.1 Å². The lowest BCUT2D eigenvalue weighted by Gasteiger charge is -2.40. The summed E-state index contributed by atoms with van der Waals surface area (Å²) >= 11 is 0. The van der Waals surface area contributed by atoms with E-state index in [2.05, 4.69) is 23.2 Å². The minimum absolute atomic E-state index is 0.145. The van der Waals surface area contributed by atoms with Crippen molar-refractivity contribution in [3.8, 4) is 11.1 Å². The van der Waals surface area contributed by atoms with Gasteiger partial charge in [-0.3, -0.25) is 9.78 Å². The molecule has 1 aromatic carbocycles. The molecule has 1 N–H and O–H groups in total. The highest BCUT2D eigenvalue weighted by atomic mass is 16.3. The van der Waals surface area contributed by atoms with Crippen molar-refractivity contribution < 1.29 is 9.90 Å². The molecule has 1 aromatic heterocycles. The first-order chi connectivity index (χ1) is 11.7. The number of hydrogen-bond donors (Lipinski definition) is 1. The van der Waals surface area contributed by atoms with Crippen LogP contribution in [0, 0.1) is 0 Å². The monoisotopic (exact) mass is 322 g/mol. The standard InChI is InChI=1S/C20H22N2O2/c23-14-19(24)22-11-7-20(8-12-22)6-3-16-1-2-17(13-18(16)20)15-4-9-21-10-5-15/h1-2,4-5,9-10,13,23H,3,6-8,11-12,14H2. The van der Waals surface area contributed by atoms with Gasteiger partial charge in [-0.15, -0.1) is 0 Å². The van der Waals surface area contributed by atoms with Gasteiger partial charge in [0.2, 0.25) is 5.91 Å². The Labute approximate surface area is 142 Å². The van der Waals surface area contributed by atoms with E-state index in [0.717, 1.165) is 32.4 Å². The predicted molar refractivity (Wildman–Crippen MR) is 92.6 cm³/mol. The molecule has 0 bridgehead atoms. The molecule has 1 amide bonds. The summed E-state index contributed by atoms with van der Waals surface area (Å²) in [7, 11) is 0. The summed E-state index contributed by atoms with van der Waals surface area (Å²) in [5, 5.41) is 9.07. The maximum Gasteiger partial charge on any atom is 0.248 e. The topological polar surface area (TPSA) is 53.4 Å². The summed E-state index contributed by atoms with van der Waals surface area (Å²) in [4.78, 5) is 17.6. The highest BCUT2D eigenvalue weighted by Crippen LogP contribution is 2.47. The fourth-order valence-corrected chi connectivity index (χ4v) is 4.32. The number of aryl methyl sites for hydroxylation is 1. The molecule has 2 aliphatic rings. The molecule has 124 valence electrons. The second-order valence-corrected chi connectivity index (χ2v) is 6.93. The number of nitrogens with zero attached hydrogens (tertiary/aromatic N) is 2. The van der Waals surface area contributed by atoms with Gasteiger partial charge in [-0.25, -0.2) is 0 Å². The average molecular weight is 322 g/mol. The summed E-state index contributed by atoms with van der Waals surface area (Å²) in [5.41, 5.74) is 5.56. The van der Waals surface area contributed by atoms with E-state index in [1.807, 2.05) is 24.5 Å². The smallest absolute Gasteiger partial charge is 0.248 e. The lowest BCUT2D eigenvalue weighted by Crippen LogP contribution is -2.45. The minimum Gasteiger partial charge on any atom is -0.387 e. The third-order valence-corrected chi connectivity index (χ3v) is 5.78. The Morgan fingerprint density at radius 3 is 2.54 bits per heavy atom. The largest absolute Gasteiger partial charge is 0.387 e. The molecule has 4 heteroatoms. The maximum absolute atomic E-state index is 11.7. The van der Waals surface area contributed by atoms with Crippen molar-refractivity contribution in [1.82, 2.24) is 9.88 Å². The molecule has 24 heavy (non-hydrogen) atoms. The van der Waals surface area contributed by atoms with Gasteiger partial charge in [0.15, 0.2) is 0 Å². The summed E-state index contributed by atoms with van der Waals surface area (Å²) in [6, 6.07) is 10.9. The van der Waals surface area contributed by atoms with Gasteiger partial charge < -0.3 is 10.0 Å². The Bertz CT molecular complexity index is 749. The zero-order chi connectivity index (χ0) is 16.6. The van der Waals surface area contributed by atoms with Gasteiger partial charge in [-0.05, 0) is 65.5 Å². The number of aromatic nitrogens is 1. The number of likely N-dealkylation sites (tertiary alicyclic amines) is 1. The van der Waals surface area contributed by atoms with E-state index in [9.17, 15) is 4.79 Å². The molecule has 4 rings (SSSR count). The summed E-state index contributed by atoms with van der Waals surface area (Å²) in [6.45, 7) is 1.12. The molecule has 2 aromatic rings. The zero-order valence-corrected chi connectivity index (χ0v) is 13.7. The Balaban J connectivity index is 1.63. The highest BCUT2D eigenvalue weighted by molar-refractivity contribution is 5.77. The second kappa shape index (κ2) is 6.02. The molecule has 0 saturated carbocycles. The molecule has 1 spiro atoms. The number of carbonyl (C=O) groups excluding carboxylic acids is 1. The molecule has 0 unspecified atom stereocenters. The van der Waals surface area contributed by atoms with Gasteiger partial charge >= 0.3 is 0 Å². The molecular formula is C20H22N2O2. The van der Waals surface area contributed by atoms with Gasteiger partial charge in [-0.1, -0.05) is 18.2 Å². The van der Waals surface area contributed by atoms with E-state index in [1.165, 1.54) is 28.7 Å². The van der Waals surface area contributed by atoms with Gasteiger partial charge in [-0.2, -0.15) is 0 Å². The Morgan fingerprint density at radius 2 is 1.83 bits per heavy atom. The van der Waals surface area contributed by atoms with E-state index in [-0.39, 0.29) is 17.9 Å². The fourth-order valence-electron chi connectivity index (χ4n) is 4.32. The van der Waals surface area contributed by atoms with Crippen LogP contribution in [0.3, 0.4) is 0 Å². The molecule has 1 aliphatic carbocycles. The number of aliphatic hydroxyl groups is 1. The van der Waals surface area contributed by atoms with Crippen LogP contribution in [-0.4, -0.2) is 40.6 Å². The van der Waals surface area contributed by atoms with Crippen LogP contribution in [0.1, 0.15) is 30.4 Å². The fraction of sp³-hybridized carbons (Fsp3) is 0.400. The summed E-state index contributed by atoms with van der Waals surface area (Å²) in [5.74, 6) is -0.145. The molecule has 0 radical (unpaired) electrons.